The molecule has 0 saturated heterocycles. The normalized spacial score (nSPS) is 13.5. The third kappa shape index (κ3) is 39.8. The first-order valence-electron chi connectivity index (χ1n) is 22.2. The third-order valence-corrected chi connectivity index (χ3v) is 10.8. The van der Waals surface area contributed by atoms with Gasteiger partial charge in [0.15, 0.2) is 0 Å². The number of allylic oxidation sites excluding steroid dienone is 5. The van der Waals surface area contributed by atoms with Crippen molar-refractivity contribution in [2.45, 2.75) is 238 Å². The predicted octanol–water partition coefficient (Wildman–Crippen LogP) is 13.3. The molecule has 0 rings (SSSR count). The molecule has 0 aliphatic carbocycles. The minimum absolute atomic E-state index is 0.288. The molecule has 0 heterocycles. The molecule has 0 bridgehead atoms. The Morgan fingerprint density at radius 2 is 0.827 bits per heavy atom. The largest absolute Gasteiger partial charge is 0.387 e. The third-order valence-electron chi connectivity index (χ3n) is 10.0. The highest BCUT2D eigenvalue weighted by atomic mass is 32.2. The molecule has 3 N–H and O–H groups in total. The van der Waals surface area contributed by atoms with Crippen molar-refractivity contribution in [3.63, 3.8) is 0 Å². The van der Waals surface area contributed by atoms with E-state index in [1.807, 2.05) is 0 Å². The summed E-state index contributed by atoms with van der Waals surface area (Å²) in [5.74, 6) is -1.00. The maximum atomic E-state index is 12.5. The minimum Gasteiger partial charge on any atom is -0.387 e. The van der Waals surface area contributed by atoms with Crippen LogP contribution in [-0.2, 0) is 14.9 Å². The van der Waals surface area contributed by atoms with E-state index >= 15 is 0 Å². The van der Waals surface area contributed by atoms with E-state index in [2.05, 4.69) is 43.5 Å². The average Bonchev–Trinajstić information content (AvgIpc) is 3.11. The van der Waals surface area contributed by atoms with Crippen molar-refractivity contribution in [2.24, 2.45) is 0 Å². The van der Waals surface area contributed by atoms with E-state index in [-0.39, 0.29) is 12.3 Å². The summed E-state index contributed by atoms with van der Waals surface area (Å²) in [6, 6.07) is -1.08. The summed E-state index contributed by atoms with van der Waals surface area (Å²) >= 11 is 0. The first-order valence-corrected chi connectivity index (χ1v) is 23.8. The first kappa shape index (κ1) is 50.6. The Bertz CT molecular complexity index is 961. The Morgan fingerprint density at radius 1 is 0.500 bits per heavy atom. The second kappa shape index (κ2) is 39.3. The molecule has 7 heteroatoms. The molecule has 0 aromatic carbocycles. The van der Waals surface area contributed by atoms with Crippen LogP contribution in [0.4, 0.5) is 0 Å². The number of rotatable bonds is 40. The molecule has 1 amide bonds. The molecule has 0 fully saturated rings. The van der Waals surface area contributed by atoms with Crippen molar-refractivity contribution in [3.05, 3.63) is 36.5 Å². The molecule has 0 radical (unpaired) electrons. The fraction of sp³-hybridized carbons (Fsp3) is 0.844. The number of aliphatic hydroxyl groups excluding tert-OH is 1. The number of hydrogen-bond donors (Lipinski definition) is 3. The summed E-state index contributed by atoms with van der Waals surface area (Å²) in [5.41, 5.74) is 0. The van der Waals surface area contributed by atoms with Crippen LogP contribution in [0.3, 0.4) is 0 Å². The van der Waals surface area contributed by atoms with Gasteiger partial charge in [0, 0.05) is 6.42 Å². The summed E-state index contributed by atoms with van der Waals surface area (Å²) in [5, 5.41) is 13.2. The van der Waals surface area contributed by atoms with Crippen molar-refractivity contribution in [3.8, 4) is 0 Å². The number of aliphatic hydroxyl groups is 1. The summed E-state index contributed by atoms with van der Waals surface area (Å²) in [7, 11) is -4.36. The van der Waals surface area contributed by atoms with Crippen molar-refractivity contribution < 1.29 is 22.9 Å². The maximum Gasteiger partial charge on any atom is 0.267 e. The second-order valence-electron chi connectivity index (χ2n) is 15.3. The van der Waals surface area contributed by atoms with Gasteiger partial charge in [0.05, 0.1) is 17.9 Å². The number of unbranched alkanes of at least 4 members (excludes halogenated alkanes) is 28. The topological polar surface area (TPSA) is 104 Å². The number of hydrogen-bond acceptors (Lipinski definition) is 4. The van der Waals surface area contributed by atoms with Crippen molar-refractivity contribution >= 4 is 16.0 Å². The van der Waals surface area contributed by atoms with Gasteiger partial charge in [-0.1, -0.05) is 211 Å². The monoisotopic (exact) mass is 752 g/mol. The van der Waals surface area contributed by atoms with Gasteiger partial charge in [-0.05, 0) is 44.9 Å². The zero-order chi connectivity index (χ0) is 38.2. The van der Waals surface area contributed by atoms with Gasteiger partial charge in [0.1, 0.15) is 0 Å². The van der Waals surface area contributed by atoms with E-state index in [0.29, 0.717) is 6.42 Å². The Balaban J connectivity index is 3.86. The molecule has 0 aliphatic heterocycles. The van der Waals surface area contributed by atoms with Crippen LogP contribution in [0.5, 0.6) is 0 Å². The van der Waals surface area contributed by atoms with Crippen molar-refractivity contribution in [1.29, 1.82) is 0 Å². The van der Waals surface area contributed by atoms with E-state index in [0.717, 1.165) is 38.5 Å². The van der Waals surface area contributed by atoms with Crippen LogP contribution in [0.15, 0.2) is 36.5 Å². The van der Waals surface area contributed by atoms with E-state index in [4.69, 9.17) is 0 Å². The highest BCUT2D eigenvalue weighted by Crippen LogP contribution is 2.16. The van der Waals surface area contributed by atoms with Gasteiger partial charge in [-0.25, -0.2) is 0 Å². The first-order chi connectivity index (χ1) is 25.3. The van der Waals surface area contributed by atoms with Gasteiger partial charge in [-0.3, -0.25) is 9.35 Å². The number of carbonyl (C=O) groups is 1. The summed E-state index contributed by atoms with van der Waals surface area (Å²) in [6.45, 7) is 4.52. The number of nitrogens with one attached hydrogen (secondary N) is 1. The predicted molar refractivity (Wildman–Crippen MR) is 225 cm³/mol. The molecule has 0 spiro atoms. The molecule has 306 valence electrons. The van der Waals surface area contributed by atoms with Gasteiger partial charge in [-0.2, -0.15) is 8.42 Å². The smallest absolute Gasteiger partial charge is 0.267 e. The van der Waals surface area contributed by atoms with Gasteiger partial charge >= 0.3 is 0 Å². The summed E-state index contributed by atoms with van der Waals surface area (Å²) in [6.07, 6.45) is 51.4. The van der Waals surface area contributed by atoms with E-state index < -0.39 is 28.0 Å². The Kier molecular flexibility index (Phi) is 38.2. The van der Waals surface area contributed by atoms with Crippen LogP contribution in [0.25, 0.3) is 0 Å². The van der Waals surface area contributed by atoms with Crippen LogP contribution in [0.2, 0.25) is 0 Å². The van der Waals surface area contributed by atoms with Gasteiger partial charge in [0.2, 0.25) is 5.91 Å². The zero-order valence-corrected chi connectivity index (χ0v) is 35.0. The molecule has 2 atom stereocenters. The lowest BCUT2D eigenvalue weighted by Gasteiger charge is -2.21. The highest BCUT2D eigenvalue weighted by Gasteiger charge is 2.24. The average molecular weight is 752 g/mol. The Morgan fingerprint density at radius 3 is 1.21 bits per heavy atom. The lowest BCUT2D eigenvalue weighted by Crippen LogP contribution is -2.46. The molecule has 52 heavy (non-hydrogen) atoms. The quantitative estimate of drug-likeness (QED) is 0.0328. The van der Waals surface area contributed by atoms with Crippen molar-refractivity contribution in [2.75, 3.05) is 5.75 Å². The van der Waals surface area contributed by atoms with Crippen LogP contribution in [-0.4, -0.2) is 41.9 Å². The fourth-order valence-corrected chi connectivity index (χ4v) is 7.45. The number of carbonyl (C=O) groups excluding carboxylic acids is 1. The SMILES string of the molecule is CCCCCCC/C=C/CC/C=C/CC/C=C/C(O)C(CS(=O)(=O)O)NC(=O)CCCCCCCCCCCCCCCCCCCCCCCC. The lowest BCUT2D eigenvalue weighted by molar-refractivity contribution is -0.122. The maximum absolute atomic E-state index is 12.5. The standard InChI is InChI=1S/C45H85NO5S/c1-3-5-7-9-11-13-15-17-19-20-21-22-23-24-25-27-29-31-33-35-37-39-41-45(48)46-43(42-52(49,50)51)44(47)40-38-36-34-32-30-28-26-18-16-14-12-10-8-6-4-2/h16,18,30,32,38,40,43-44,47H,3-15,17,19-29,31,33-37,39,41-42H2,1-2H3,(H,46,48)(H,49,50,51)/b18-16+,32-30+,40-38+. The van der Waals surface area contributed by atoms with Crippen molar-refractivity contribution in [1.82, 2.24) is 5.32 Å². The van der Waals surface area contributed by atoms with Gasteiger partial charge < -0.3 is 10.4 Å². The molecular formula is C45H85NO5S. The van der Waals surface area contributed by atoms with Crippen LogP contribution < -0.4 is 5.32 Å². The molecule has 0 aromatic rings. The van der Waals surface area contributed by atoms with E-state index in [9.17, 15) is 22.9 Å². The second-order valence-corrected chi connectivity index (χ2v) is 16.8. The molecule has 0 aromatic heterocycles. The zero-order valence-electron chi connectivity index (χ0n) is 34.2. The number of amides is 1. The van der Waals surface area contributed by atoms with E-state index in [1.54, 1.807) is 6.08 Å². The van der Waals surface area contributed by atoms with Crippen LogP contribution in [0.1, 0.15) is 226 Å². The van der Waals surface area contributed by atoms with Crippen LogP contribution >= 0.6 is 0 Å². The summed E-state index contributed by atoms with van der Waals surface area (Å²) < 4.78 is 32.5. The Labute approximate surface area is 323 Å². The Hall–Kier alpha value is -1.44. The minimum atomic E-state index is -4.36. The molecule has 6 nitrogen and oxygen atoms in total. The fourth-order valence-electron chi connectivity index (χ4n) is 6.72. The summed E-state index contributed by atoms with van der Waals surface area (Å²) in [4.78, 5) is 12.5. The molecule has 0 aliphatic rings. The molecule has 0 saturated carbocycles. The van der Waals surface area contributed by atoms with Crippen LogP contribution in [0, 0.1) is 0 Å². The molecular weight excluding hydrogens is 667 g/mol. The highest BCUT2D eigenvalue weighted by molar-refractivity contribution is 7.85. The van der Waals surface area contributed by atoms with Gasteiger partial charge in [-0.15, -0.1) is 0 Å². The van der Waals surface area contributed by atoms with Gasteiger partial charge in [0.25, 0.3) is 10.1 Å². The van der Waals surface area contributed by atoms with E-state index in [1.165, 1.54) is 167 Å². The molecule has 2 unspecified atom stereocenters. The lowest BCUT2D eigenvalue weighted by atomic mass is 10.0.